The zero-order valence-corrected chi connectivity index (χ0v) is 11.2. The summed E-state index contributed by atoms with van der Waals surface area (Å²) < 4.78 is 0. The van der Waals surface area contributed by atoms with E-state index in [4.69, 9.17) is 0 Å². The van der Waals surface area contributed by atoms with E-state index in [-0.39, 0.29) is 11.9 Å². The molecule has 3 rings (SSSR count). The minimum Gasteiger partial charge on any atom is -0.324 e. The lowest BCUT2D eigenvalue weighted by Crippen LogP contribution is -2.39. The van der Waals surface area contributed by atoms with Gasteiger partial charge in [0.1, 0.15) is 0 Å². The number of fused-ring (bicyclic) bond motifs is 1. The Kier molecular flexibility index (Phi) is 3.74. The second kappa shape index (κ2) is 5.84. The summed E-state index contributed by atoms with van der Waals surface area (Å²) in [5, 5.41) is 6.27. The molecule has 2 aromatic rings. The highest BCUT2D eigenvalue weighted by atomic mass is 16.2. The van der Waals surface area contributed by atoms with Crippen LogP contribution in [0, 0.1) is 0 Å². The molecule has 1 unspecified atom stereocenters. The quantitative estimate of drug-likeness (QED) is 0.895. The van der Waals surface area contributed by atoms with Crippen LogP contribution >= 0.6 is 0 Å². The summed E-state index contributed by atoms with van der Waals surface area (Å²) in [7, 11) is 0. The van der Waals surface area contributed by atoms with Gasteiger partial charge < -0.3 is 10.6 Å². The number of amides is 1. The van der Waals surface area contributed by atoms with Crippen molar-refractivity contribution in [2.24, 2.45) is 0 Å². The number of aromatic nitrogens is 1. The molecule has 1 aliphatic rings. The Bertz CT molecular complexity index is 598. The second-order valence-corrected chi connectivity index (χ2v) is 4.94. The lowest BCUT2D eigenvalue weighted by molar-refractivity contribution is -0.118. The van der Waals surface area contributed by atoms with Crippen LogP contribution in [0.1, 0.15) is 17.7 Å². The number of hydrogen-bond acceptors (Lipinski definition) is 3. The molecule has 0 radical (unpaired) electrons. The third-order valence-corrected chi connectivity index (χ3v) is 3.55. The van der Waals surface area contributed by atoms with Crippen LogP contribution in [0.4, 0.5) is 5.69 Å². The molecule has 0 bridgehead atoms. The van der Waals surface area contributed by atoms with E-state index in [0.29, 0.717) is 6.54 Å². The Morgan fingerprint density at radius 2 is 2.05 bits per heavy atom. The molecule has 1 aromatic heterocycles. The zero-order chi connectivity index (χ0) is 13.8. The highest BCUT2D eigenvalue weighted by Crippen LogP contribution is 2.21. The van der Waals surface area contributed by atoms with Crippen molar-refractivity contribution < 1.29 is 4.79 Å². The molecule has 20 heavy (non-hydrogen) atoms. The van der Waals surface area contributed by atoms with Crippen molar-refractivity contribution in [1.82, 2.24) is 10.3 Å². The molecule has 1 amide bonds. The number of anilines is 1. The Labute approximate surface area is 118 Å². The predicted octanol–water partition coefficient (Wildman–Crippen LogP) is 2.12. The van der Waals surface area contributed by atoms with Gasteiger partial charge in [0, 0.05) is 18.4 Å². The fourth-order valence-electron chi connectivity index (χ4n) is 2.44. The third kappa shape index (κ3) is 2.86. The maximum absolute atomic E-state index is 12.2. The largest absolute Gasteiger partial charge is 0.324 e. The topological polar surface area (TPSA) is 54.0 Å². The number of aryl methyl sites for hydroxylation is 1. The average Bonchev–Trinajstić information content (AvgIpc) is 2.65. The van der Waals surface area contributed by atoms with Crippen LogP contribution in [0.15, 0.2) is 48.7 Å². The minimum absolute atomic E-state index is 0.0332. The van der Waals surface area contributed by atoms with Crippen molar-refractivity contribution in [2.75, 3.05) is 5.32 Å². The van der Waals surface area contributed by atoms with Crippen molar-refractivity contribution >= 4 is 11.6 Å². The van der Waals surface area contributed by atoms with Crippen LogP contribution in [0.25, 0.3) is 0 Å². The number of pyridine rings is 1. The highest BCUT2D eigenvalue weighted by Gasteiger charge is 2.22. The van der Waals surface area contributed by atoms with Gasteiger partial charge in [-0.1, -0.05) is 24.3 Å². The van der Waals surface area contributed by atoms with Gasteiger partial charge in [-0.3, -0.25) is 9.78 Å². The Morgan fingerprint density at radius 3 is 2.90 bits per heavy atom. The smallest absolute Gasteiger partial charge is 0.241 e. The highest BCUT2D eigenvalue weighted by molar-refractivity contribution is 5.96. The first kappa shape index (κ1) is 12.8. The van der Waals surface area contributed by atoms with Crippen LogP contribution in [0.3, 0.4) is 0 Å². The first-order valence-electron chi connectivity index (χ1n) is 6.85. The molecule has 0 saturated heterocycles. The number of para-hydroxylation sites is 1. The average molecular weight is 267 g/mol. The standard InChI is InChI=1S/C16H17N3O/c20-16-15(18-11-13-6-3-4-10-17-13)9-8-12-5-1-2-7-14(12)19-16/h1-7,10,15,18H,8-9,11H2,(H,19,20). The van der Waals surface area contributed by atoms with Gasteiger partial charge in [-0.25, -0.2) is 0 Å². The van der Waals surface area contributed by atoms with Crippen LogP contribution in [0.5, 0.6) is 0 Å². The number of hydrogen-bond donors (Lipinski definition) is 2. The molecule has 2 heterocycles. The summed E-state index contributed by atoms with van der Waals surface area (Å²) in [6.45, 7) is 0.606. The van der Waals surface area contributed by atoms with Crippen molar-refractivity contribution in [3.05, 3.63) is 59.9 Å². The SMILES string of the molecule is O=C1Nc2ccccc2CCC1NCc1ccccn1. The van der Waals surface area contributed by atoms with Crippen molar-refractivity contribution in [2.45, 2.75) is 25.4 Å². The van der Waals surface area contributed by atoms with Crippen molar-refractivity contribution in [3.63, 3.8) is 0 Å². The summed E-state index contributed by atoms with van der Waals surface area (Å²) in [6.07, 6.45) is 3.46. The van der Waals surface area contributed by atoms with Crippen LogP contribution in [-0.4, -0.2) is 16.9 Å². The molecular weight excluding hydrogens is 250 g/mol. The maximum Gasteiger partial charge on any atom is 0.241 e. The van der Waals surface area contributed by atoms with E-state index >= 15 is 0 Å². The summed E-state index contributed by atoms with van der Waals surface area (Å²) in [5.41, 5.74) is 3.07. The molecule has 4 heteroatoms. The van der Waals surface area contributed by atoms with Gasteiger partial charge in [0.05, 0.1) is 11.7 Å². The van der Waals surface area contributed by atoms with E-state index in [1.54, 1.807) is 6.20 Å². The van der Waals surface area contributed by atoms with E-state index in [1.807, 2.05) is 36.4 Å². The van der Waals surface area contributed by atoms with Gasteiger partial charge in [0.25, 0.3) is 0 Å². The van der Waals surface area contributed by atoms with Gasteiger partial charge >= 0.3 is 0 Å². The molecule has 0 spiro atoms. The number of carbonyl (C=O) groups excluding carboxylic acids is 1. The molecule has 1 atom stereocenters. The van der Waals surface area contributed by atoms with Crippen LogP contribution in [-0.2, 0) is 17.8 Å². The molecule has 0 fully saturated rings. The first-order chi connectivity index (χ1) is 9.83. The number of nitrogens with zero attached hydrogens (tertiary/aromatic N) is 1. The lowest BCUT2D eigenvalue weighted by Gasteiger charge is -2.14. The van der Waals surface area contributed by atoms with Gasteiger partial charge in [0.15, 0.2) is 0 Å². The number of benzene rings is 1. The number of carbonyl (C=O) groups is 1. The Hall–Kier alpha value is -2.20. The summed E-state index contributed by atoms with van der Waals surface area (Å²) in [4.78, 5) is 16.5. The number of rotatable bonds is 3. The fraction of sp³-hybridized carbons (Fsp3) is 0.250. The molecule has 1 aliphatic heterocycles. The molecule has 0 saturated carbocycles. The Morgan fingerprint density at radius 1 is 1.20 bits per heavy atom. The van der Waals surface area contributed by atoms with Gasteiger partial charge in [-0.2, -0.15) is 0 Å². The summed E-state index contributed by atoms with van der Waals surface area (Å²) >= 11 is 0. The first-order valence-corrected chi connectivity index (χ1v) is 6.85. The van der Waals surface area contributed by atoms with E-state index < -0.39 is 0 Å². The predicted molar refractivity (Wildman–Crippen MR) is 78.3 cm³/mol. The minimum atomic E-state index is -0.176. The molecule has 0 aliphatic carbocycles. The van der Waals surface area contributed by atoms with Crippen LogP contribution < -0.4 is 10.6 Å². The molecule has 102 valence electrons. The zero-order valence-electron chi connectivity index (χ0n) is 11.2. The summed E-state index contributed by atoms with van der Waals surface area (Å²) in [6, 6.07) is 13.6. The Balaban J connectivity index is 1.66. The normalized spacial score (nSPS) is 18.0. The van der Waals surface area contributed by atoms with Gasteiger partial charge in [0.2, 0.25) is 5.91 Å². The van der Waals surface area contributed by atoms with Crippen molar-refractivity contribution in [1.29, 1.82) is 0 Å². The van der Waals surface area contributed by atoms with Gasteiger partial charge in [-0.05, 0) is 36.6 Å². The molecule has 4 nitrogen and oxygen atoms in total. The van der Waals surface area contributed by atoms with Gasteiger partial charge in [-0.15, -0.1) is 0 Å². The monoisotopic (exact) mass is 267 g/mol. The molecule has 2 N–H and O–H groups in total. The second-order valence-electron chi connectivity index (χ2n) is 4.94. The number of nitrogens with one attached hydrogen (secondary N) is 2. The van der Waals surface area contributed by atoms with E-state index in [0.717, 1.165) is 24.2 Å². The fourth-order valence-corrected chi connectivity index (χ4v) is 2.44. The van der Waals surface area contributed by atoms with E-state index in [2.05, 4.69) is 21.7 Å². The summed E-state index contributed by atoms with van der Waals surface area (Å²) in [5.74, 6) is 0.0332. The maximum atomic E-state index is 12.2. The third-order valence-electron chi connectivity index (χ3n) is 3.55. The van der Waals surface area contributed by atoms with Crippen molar-refractivity contribution in [3.8, 4) is 0 Å². The molecular formula is C16H17N3O. The van der Waals surface area contributed by atoms with E-state index in [9.17, 15) is 4.79 Å². The van der Waals surface area contributed by atoms with E-state index in [1.165, 1.54) is 5.56 Å². The lowest BCUT2D eigenvalue weighted by atomic mass is 10.1. The van der Waals surface area contributed by atoms with Crippen LogP contribution in [0.2, 0.25) is 0 Å². The molecule has 1 aromatic carbocycles.